The molecule has 0 aromatic heterocycles. The number of carboxylic acid groups (broad SMARTS) is 1. The molecule has 6 N–H and O–H groups in total. The smallest absolute Gasteiger partial charge is 0.229 e. The van der Waals surface area contributed by atoms with Gasteiger partial charge in [0.1, 0.15) is 17.6 Å². The van der Waals surface area contributed by atoms with Crippen LogP contribution in [0, 0.1) is 0 Å². The van der Waals surface area contributed by atoms with Crippen LogP contribution in [0.2, 0.25) is 5.02 Å². The number of nitrogens with one attached hydrogen (secondary N) is 3. The molecule has 2 aromatic rings. The van der Waals surface area contributed by atoms with Crippen LogP contribution < -0.4 is 20.5 Å². The van der Waals surface area contributed by atoms with Crippen LogP contribution in [-0.2, 0) is 15.4 Å². The van der Waals surface area contributed by atoms with Crippen molar-refractivity contribution in [1.82, 2.24) is 15.5 Å². The van der Waals surface area contributed by atoms with Crippen LogP contribution in [0.1, 0.15) is 87.9 Å². The molecular weight excluding hydrogens is 668 g/mol. The fourth-order valence-corrected chi connectivity index (χ4v) is 7.66. The van der Waals surface area contributed by atoms with Crippen LogP contribution >= 0.6 is 11.6 Å². The molecule has 1 aliphatic heterocycles. The van der Waals surface area contributed by atoms with Gasteiger partial charge in [-0.25, -0.2) is 8.42 Å². The summed E-state index contributed by atoms with van der Waals surface area (Å²) in [6.07, 6.45) is 14.7. The number of rotatable bonds is 18. The number of halogens is 1. The molecule has 0 spiro atoms. The Bertz CT molecular complexity index is 1580. The second kappa shape index (κ2) is 18.1. The van der Waals surface area contributed by atoms with E-state index in [1.165, 1.54) is 17.0 Å². The van der Waals surface area contributed by atoms with E-state index in [2.05, 4.69) is 21.4 Å². The minimum Gasteiger partial charge on any atom is -0.530 e. The number of sulfonamides is 1. The molecule has 2 atom stereocenters. The Morgan fingerprint density at radius 2 is 1.71 bits per heavy atom. The quantitative estimate of drug-likeness (QED) is 0.0912. The predicted octanol–water partition coefficient (Wildman–Crippen LogP) is 5.05. The third-order valence-electron chi connectivity index (χ3n) is 9.47. The minimum atomic E-state index is -3.56. The first kappa shape index (κ1) is 38.5. The lowest BCUT2D eigenvalue weighted by atomic mass is 9.68. The molecular formula is C36H50ClN4O7S-. The van der Waals surface area contributed by atoms with Crippen molar-refractivity contribution in [2.24, 2.45) is 0 Å². The number of hydrogen-bond donors (Lipinski definition) is 6. The zero-order valence-corrected chi connectivity index (χ0v) is 29.7. The highest BCUT2D eigenvalue weighted by molar-refractivity contribution is 7.92. The summed E-state index contributed by atoms with van der Waals surface area (Å²) in [7, 11) is -3.56. The number of aliphatic hydroxyl groups excluding tert-OH is 1. The molecule has 1 unspecified atom stereocenters. The van der Waals surface area contributed by atoms with Gasteiger partial charge in [-0.15, -0.1) is 0 Å². The molecule has 49 heavy (non-hydrogen) atoms. The Labute approximate surface area is 295 Å². The van der Waals surface area contributed by atoms with Gasteiger partial charge in [0.25, 0.3) is 0 Å². The number of aromatic hydroxyl groups is 2. The van der Waals surface area contributed by atoms with Crippen molar-refractivity contribution in [3.8, 4) is 11.5 Å². The van der Waals surface area contributed by atoms with Crippen LogP contribution in [0.3, 0.4) is 0 Å². The number of nitrogens with zero attached hydrogens (tertiary/aromatic N) is 1. The first-order chi connectivity index (χ1) is 23.4. The third kappa shape index (κ3) is 10.8. The summed E-state index contributed by atoms with van der Waals surface area (Å²) in [5.74, 6) is -0.215. The Hall–Kier alpha value is -3.29. The fourth-order valence-electron chi connectivity index (χ4n) is 6.92. The van der Waals surface area contributed by atoms with Crippen LogP contribution in [0.25, 0.3) is 0 Å². The molecule has 13 heteroatoms. The molecule has 1 saturated heterocycles. The molecule has 1 aliphatic carbocycles. The number of carbonyl (C=O) groups is 1. The van der Waals surface area contributed by atoms with E-state index in [0.717, 1.165) is 88.5 Å². The van der Waals surface area contributed by atoms with Crippen molar-refractivity contribution >= 4 is 33.4 Å². The summed E-state index contributed by atoms with van der Waals surface area (Å²) >= 11 is 6.39. The zero-order chi connectivity index (χ0) is 35.4. The van der Waals surface area contributed by atoms with Gasteiger partial charge < -0.3 is 40.8 Å². The number of phenolic OH excluding ortho intramolecular Hbond substituents is 2. The van der Waals surface area contributed by atoms with Gasteiger partial charge in [0.2, 0.25) is 10.0 Å². The number of hydrogen-bond acceptors (Lipinski definition) is 9. The molecule has 1 amide bonds. The summed E-state index contributed by atoms with van der Waals surface area (Å²) in [6, 6.07) is 9.39. The average molecular weight is 718 g/mol. The predicted molar refractivity (Wildman–Crippen MR) is 191 cm³/mol. The molecule has 4 rings (SSSR count). The lowest BCUT2D eigenvalue weighted by molar-refractivity contribution is -0.266. The number of allylic oxidation sites excluding steroid dienone is 4. The van der Waals surface area contributed by atoms with Crippen LogP contribution in [0.4, 0.5) is 10.5 Å². The molecule has 1 heterocycles. The summed E-state index contributed by atoms with van der Waals surface area (Å²) in [6.45, 7) is 2.54. The number of piperidine rings is 1. The zero-order valence-electron chi connectivity index (χ0n) is 28.2. The van der Waals surface area contributed by atoms with E-state index in [-0.39, 0.29) is 28.3 Å². The monoisotopic (exact) mass is 717 g/mol. The number of unbranched alkanes of at least 4 members (excludes halogenated alkanes) is 6. The molecule has 1 fully saturated rings. The topological polar surface area (TPSA) is 174 Å². The van der Waals surface area contributed by atoms with E-state index in [0.29, 0.717) is 31.4 Å². The van der Waals surface area contributed by atoms with Gasteiger partial charge in [-0.2, -0.15) is 0 Å². The maximum absolute atomic E-state index is 12.7. The lowest BCUT2D eigenvalue weighted by Crippen LogP contribution is -2.54. The van der Waals surface area contributed by atoms with Crippen molar-refractivity contribution in [3.63, 3.8) is 0 Å². The van der Waals surface area contributed by atoms with Crippen LogP contribution in [0.5, 0.6) is 11.5 Å². The number of anilines is 1. The second-order valence-corrected chi connectivity index (χ2v) is 15.3. The Kier molecular flexibility index (Phi) is 14.2. The number of amides is 1. The number of benzene rings is 2. The summed E-state index contributed by atoms with van der Waals surface area (Å²) in [5, 5.41) is 50.0. The highest BCUT2D eigenvalue weighted by Gasteiger charge is 2.41. The van der Waals surface area contributed by atoms with Gasteiger partial charge in [0.05, 0.1) is 23.1 Å². The molecule has 0 radical (unpaired) electrons. The molecule has 11 nitrogen and oxygen atoms in total. The van der Waals surface area contributed by atoms with Crippen molar-refractivity contribution in [3.05, 3.63) is 76.5 Å². The highest BCUT2D eigenvalue weighted by atomic mass is 35.5. The largest absolute Gasteiger partial charge is 0.530 e. The van der Waals surface area contributed by atoms with E-state index in [1.54, 1.807) is 18.2 Å². The number of aliphatic hydroxyl groups is 1. The van der Waals surface area contributed by atoms with Gasteiger partial charge in [-0.3, -0.25) is 4.72 Å². The number of phenols is 2. The van der Waals surface area contributed by atoms with E-state index >= 15 is 0 Å². The fraction of sp³-hybridized carbons (Fsp3) is 0.528. The van der Waals surface area contributed by atoms with Crippen molar-refractivity contribution in [1.29, 1.82) is 0 Å². The van der Waals surface area contributed by atoms with E-state index in [1.807, 2.05) is 18.2 Å². The van der Waals surface area contributed by atoms with Gasteiger partial charge in [-0.05, 0) is 93.2 Å². The molecule has 270 valence electrons. The van der Waals surface area contributed by atoms with Crippen LogP contribution in [0.15, 0.2) is 60.3 Å². The standard InChI is InChI=1S/C36H51ClN4O7S/c1-49(47,48)40-30-23-26(12-14-32(30)43)33(44)25-39-20-10-6-4-2-3-5-8-18-36(27-13-15-31(42)29(37)24-27)19-9-7-11-34(36)41(35(45)46)28-16-21-38-22-17-28/h7,9,11-15,23-24,28,33,38-40,42-44H,2-6,8,10,16-22,25H2,1H3,(H,45,46)/p-1/t33-,36?/m0/s1. The summed E-state index contributed by atoms with van der Waals surface area (Å²) in [4.78, 5) is 14.1. The van der Waals surface area contributed by atoms with E-state index in [9.17, 15) is 33.6 Å². The van der Waals surface area contributed by atoms with E-state index in [4.69, 9.17) is 11.6 Å². The van der Waals surface area contributed by atoms with E-state index < -0.39 is 27.6 Å². The lowest BCUT2D eigenvalue weighted by Gasteiger charge is -2.47. The third-order valence-corrected chi connectivity index (χ3v) is 10.4. The molecule has 2 aromatic carbocycles. The highest BCUT2D eigenvalue weighted by Crippen LogP contribution is 2.47. The average Bonchev–Trinajstić information content (AvgIpc) is 3.06. The van der Waals surface area contributed by atoms with Gasteiger partial charge >= 0.3 is 0 Å². The SMILES string of the molecule is CS(=O)(=O)Nc1cc([C@@H](O)CNCCCCCCCCCC2(c3ccc(O)c(Cl)c3)CC=CC=C2N(C(=O)[O-])C2CCNCC2)ccc1O. The normalized spacial score (nSPS) is 19.0. The Balaban J connectivity index is 1.24. The maximum atomic E-state index is 12.7. The summed E-state index contributed by atoms with van der Waals surface area (Å²) in [5.41, 5.74) is 1.53. The molecule has 2 aliphatic rings. The first-order valence-electron chi connectivity index (χ1n) is 17.2. The number of carbonyl (C=O) groups excluding carboxylic acids is 1. The molecule has 0 bridgehead atoms. The van der Waals surface area contributed by atoms with Gasteiger partial charge in [0, 0.05) is 23.7 Å². The second-order valence-electron chi connectivity index (χ2n) is 13.1. The Morgan fingerprint density at radius 3 is 2.39 bits per heavy atom. The summed E-state index contributed by atoms with van der Waals surface area (Å²) < 4.78 is 25.3. The van der Waals surface area contributed by atoms with Crippen molar-refractivity contribution < 1.29 is 33.6 Å². The first-order valence-corrected chi connectivity index (χ1v) is 19.4. The van der Waals surface area contributed by atoms with Crippen molar-refractivity contribution in [2.75, 3.05) is 37.2 Å². The Morgan fingerprint density at radius 1 is 1.04 bits per heavy atom. The molecule has 0 saturated carbocycles. The van der Waals surface area contributed by atoms with Crippen molar-refractivity contribution in [2.45, 2.75) is 88.2 Å². The maximum Gasteiger partial charge on any atom is 0.229 e. The van der Waals surface area contributed by atoms with Gasteiger partial charge in [0.15, 0.2) is 0 Å². The van der Waals surface area contributed by atoms with Gasteiger partial charge in [-0.1, -0.05) is 74.4 Å². The minimum absolute atomic E-state index is 0.00523. The van der Waals surface area contributed by atoms with Crippen LogP contribution in [-0.4, -0.2) is 73.2 Å².